The largest absolute Gasteiger partial charge is 0.0840 e. The summed E-state index contributed by atoms with van der Waals surface area (Å²) in [5, 5.41) is 5.44. The van der Waals surface area contributed by atoms with E-state index in [-0.39, 0.29) is 0 Å². The van der Waals surface area contributed by atoms with Gasteiger partial charge < -0.3 is 0 Å². The monoisotopic (exact) mass is 420 g/mol. The van der Waals surface area contributed by atoms with Gasteiger partial charge in [0.25, 0.3) is 0 Å². The van der Waals surface area contributed by atoms with Crippen molar-refractivity contribution < 1.29 is 0 Å². The van der Waals surface area contributed by atoms with Crippen LogP contribution in [0.2, 0.25) is 10.0 Å². The van der Waals surface area contributed by atoms with Gasteiger partial charge in [-0.05, 0) is 47.1 Å². The zero-order chi connectivity index (χ0) is 19.3. The highest BCUT2D eigenvalue weighted by atomic mass is 35.5. The normalized spacial score (nSPS) is 11.0. The molecule has 0 aliphatic carbocycles. The molecule has 0 N–H and O–H groups in total. The number of rotatable bonds is 5. The molecular weight excluding hydrogens is 402 g/mol. The van der Waals surface area contributed by atoms with Crippen molar-refractivity contribution in [3.8, 4) is 0 Å². The smallest absolute Gasteiger partial charge is 0.0456 e. The molecule has 0 unspecified atom stereocenters. The summed E-state index contributed by atoms with van der Waals surface area (Å²) in [4.78, 5) is 0. The zero-order valence-corrected chi connectivity index (χ0v) is 17.6. The molecule has 0 atom stereocenters. The van der Waals surface area contributed by atoms with E-state index in [1.165, 1.54) is 21.5 Å². The molecule has 0 fully saturated rings. The van der Waals surface area contributed by atoms with Gasteiger partial charge >= 0.3 is 0 Å². The molecule has 0 spiro atoms. The summed E-state index contributed by atoms with van der Waals surface area (Å²) in [7, 11) is -0.668. The molecular formula is C25H19Cl2P. The van der Waals surface area contributed by atoms with Crippen LogP contribution >= 0.6 is 31.1 Å². The fraction of sp³-hybridized carbons (Fsp3) is 0.0400. The lowest BCUT2D eigenvalue weighted by Gasteiger charge is -2.22. The van der Waals surface area contributed by atoms with Gasteiger partial charge in [0.1, 0.15) is 0 Å². The second-order valence-corrected chi connectivity index (χ2v) is 9.51. The summed E-state index contributed by atoms with van der Waals surface area (Å²) in [5.74, 6) is 0. The standard InChI is InChI=1S/C25H19Cl2P/c26-23-15-9-16-24(27)22(23)18-19-10-7-8-17-25(19)28(20-11-3-1-4-12-20)21-13-5-2-6-14-21/h1-17H,18H2. The van der Waals surface area contributed by atoms with E-state index in [2.05, 4.69) is 84.9 Å². The van der Waals surface area contributed by atoms with Crippen LogP contribution in [0.25, 0.3) is 0 Å². The van der Waals surface area contributed by atoms with E-state index in [1.54, 1.807) is 0 Å². The summed E-state index contributed by atoms with van der Waals surface area (Å²) in [6, 6.07) is 35.8. The van der Waals surface area contributed by atoms with Crippen LogP contribution < -0.4 is 15.9 Å². The number of halogens is 2. The van der Waals surface area contributed by atoms with Crippen LogP contribution in [-0.4, -0.2) is 0 Å². The predicted molar refractivity (Wildman–Crippen MR) is 124 cm³/mol. The van der Waals surface area contributed by atoms with Crippen molar-refractivity contribution in [1.82, 2.24) is 0 Å². The van der Waals surface area contributed by atoms with E-state index in [0.717, 1.165) is 5.56 Å². The molecule has 0 radical (unpaired) electrons. The molecule has 4 rings (SSSR count). The lowest BCUT2D eigenvalue weighted by molar-refractivity contribution is 1.21. The van der Waals surface area contributed by atoms with Gasteiger partial charge in [-0.2, -0.15) is 0 Å². The van der Waals surface area contributed by atoms with E-state index in [4.69, 9.17) is 23.2 Å². The van der Waals surface area contributed by atoms with E-state index in [1.807, 2.05) is 18.2 Å². The van der Waals surface area contributed by atoms with Gasteiger partial charge in [-0.25, -0.2) is 0 Å². The van der Waals surface area contributed by atoms with Crippen molar-refractivity contribution in [2.75, 3.05) is 0 Å². The molecule has 4 aromatic rings. The first-order valence-electron chi connectivity index (χ1n) is 9.15. The topological polar surface area (TPSA) is 0 Å². The van der Waals surface area contributed by atoms with E-state index < -0.39 is 7.92 Å². The molecule has 0 nitrogen and oxygen atoms in total. The third-order valence-electron chi connectivity index (χ3n) is 4.69. The van der Waals surface area contributed by atoms with E-state index in [0.29, 0.717) is 16.5 Å². The minimum atomic E-state index is -0.668. The second-order valence-electron chi connectivity index (χ2n) is 6.51. The van der Waals surface area contributed by atoms with Crippen LogP contribution in [0.4, 0.5) is 0 Å². The van der Waals surface area contributed by atoms with Gasteiger partial charge in [0.05, 0.1) is 0 Å². The minimum absolute atomic E-state index is 0.668. The first-order chi connectivity index (χ1) is 13.7. The summed E-state index contributed by atoms with van der Waals surface area (Å²) < 4.78 is 0. The summed E-state index contributed by atoms with van der Waals surface area (Å²) in [6.45, 7) is 0. The second kappa shape index (κ2) is 8.93. The first-order valence-corrected chi connectivity index (χ1v) is 11.2. The fourth-order valence-corrected chi connectivity index (χ4v) is 6.35. The van der Waals surface area contributed by atoms with Gasteiger partial charge in [-0.1, -0.05) is 114 Å². The predicted octanol–water partition coefficient (Wildman–Crippen LogP) is 6.34. The van der Waals surface area contributed by atoms with Crippen molar-refractivity contribution in [1.29, 1.82) is 0 Å². The first kappa shape index (κ1) is 19.2. The third kappa shape index (κ3) is 4.15. The summed E-state index contributed by atoms with van der Waals surface area (Å²) in [5.41, 5.74) is 2.24. The number of hydrogen-bond acceptors (Lipinski definition) is 0. The quantitative estimate of drug-likeness (QED) is 0.330. The zero-order valence-electron chi connectivity index (χ0n) is 15.2. The molecule has 3 heteroatoms. The maximum atomic E-state index is 6.47. The molecule has 0 aliphatic rings. The van der Waals surface area contributed by atoms with Crippen molar-refractivity contribution in [3.05, 3.63) is 124 Å². The van der Waals surface area contributed by atoms with Gasteiger partial charge in [0.2, 0.25) is 0 Å². The fourth-order valence-electron chi connectivity index (χ4n) is 3.35. The highest BCUT2D eigenvalue weighted by Crippen LogP contribution is 2.35. The molecule has 0 amide bonds. The Balaban J connectivity index is 1.85. The maximum absolute atomic E-state index is 6.47. The Morgan fingerprint density at radius 3 is 1.61 bits per heavy atom. The van der Waals surface area contributed by atoms with Crippen LogP contribution in [0, 0.1) is 0 Å². The number of benzene rings is 4. The van der Waals surface area contributed by atoms with Crippen LogP contribution in [0.3, 0.4) is 0 Å². The van der Waals surface area contributed by atoms with Crippen molar-refractivity contribution in [2.24, 2.45) is 0 Å². The Hall–Kier alpha value is -2.11. The Morgan fingerprint density at radius 1 is 0.536 bits per heavy atom. The molecule has 0 aromatic heterocycles. The Bertz CT molecular complexity index is 1000. The Kier molecular flexibility index (Phi) is 6.13. The molecule has 28 heavy (non-hydrogen) atoms. The van der Waals surface area contributed by atoms with Gasteiger partial charge in [-0.3, -0.25) is 0 Å². The molecule has 0 heterocycles. The van der Waals surface area contributed by atoms with E-state index in [9.17, 15) is 0 Å². The lowest BCUT2D eigenvalue weighted by Crippen LogP contribution is -2.23. The van der Waals surface area contributed by atoms with Gasteiger partial charge in [-0.15, -0.1) is 0 Å². The highest BCUT2D eigenvalue weighted by Gasteiger charge is 2.20. The molecule has 138 valence electrons. The van der Waals surface area contributed by atoms with Crippen molar-refractivity contribution in [3.63, 3.8) is 0 Å². The average molecular weight is 421 g/mol. The van der Waals surface area contributed by atoms with Crippen LogP contribution in [0.5, 0.6) is 0 Å². The summed E-state index contributed by atoms with van der Waals surface area (Å²) >= 11 is 12.9. The SMILES string of the molecule is Clc1cccc(Cl)c1Cc1ccccc1P(c1ccccc1)c1ccccc1. The molecule has 0 aliphatic heterocycles. The molecule has 0 saturated carbocycles. The Morgan fingerprint density at radius 2 is 1.04 bits per heavy atom. The lowest BCUT2D eigenvalue weighted by atomic mass is 10.0. The van der Waals surface area contributed by atoms with Crippen LogP contribution in [0.15, 0.2) is 103 Å². The highest BCUT2D eigenvalue weighted by molar-refractivity contribution is 7.79. The molecule has 4 aromatic carbocycles. The van der Waals surface area contributed by atoms with E-state index >= 15 is 0 Å². The molecule has 0 saturated heterocycles. The third-order valence-corrected chi connectivity index (χ3v) is 7.95. The van der Waals surface area contributed by atoms with Crippen molar-refractivity contribution in [2.45, 2.75) is 6.42 Å². The average Bonchev–Trinajstić information content (AvgIpc) is 2.74. The summed E-state index contributed by atoms with van der Waals surface area (Å²) in [6.07, 6.45) is 0.715. The van der Waals surface area contributed by atoms with Gasteiger partial charge in [0, 0.05) is 16.5 Å². The minimum Gasteiger partial charge on any atom is -0.0840 e. The number of hydrogen-bond donors (Lipinski definition) is 0. The van der Waals surface area contributed by atoms with Crippen LogP contribution in [-0.2, 0) is 6.42 Å². The molecule has 0 bridgehead atoms. The van der Waals surface area contributed by atoms with Crippen molar-refractivity contribution >= 4 is 47.0 Å². The van der Waals surface area contributed by atoms with Gasteiger partial charge in [0.15, 0.2) is 0 Å². The maximum Gasteiger partial charge on any atom is 0.0456 e. The Labute approximate surface area is 177 Å². The van der Waals surface area contributed by atoms with Crippen LogP contribution in [0.1, 0.15) is 11.1 Å².